The molecule has 5 atom stereocenters. The van der Waals surface area contributed by atoms with Gasteiger partial charge in [-0.2, -0.15) is 12.6 Å². The Labute approximate surface area is 197 Å². The molecule has 0 fully saturated rings. The molecule has 0 saturated carbocycles. The standard InChI is InChI=1S/C21H32N4O7S/c1-10(2)16(22)19(29)23-14(8-12-4-6-13(27)7-5-12)18(28)25-17(11(3)26)20(30)24-15(9-33)21(31)32/h4-7,10-11,14-17,26-27,33H,8-9,22H2,1-3H3,(H,23,29)(H,24,30)(H,25,28)(H,31,32). The predicted octanol–water partition coefficient (Wildman–Crippen LogP) is -1.23. The number of benzene rings is 1. The summed E-state index contributed by atoms with van der Waals surface area (Å²) in [6, 6.07) is 1.10. The number of carbonyl (C=O) groups is 4. The molecule has 3 amide bonds. The van der Waals surface area contributed by atoms with Crippen LogP contribution in [-0.4, -0.2) is 75.0 Å². The van der Waals surface area contributed by atoms with Crippen LogP contribution in [0.5, 0.6) is 5.75 Å². The molecular formula is C21H32N4O7S. The van der Waals surface area contributed by atoms with E-state index in [2.05, 4.69) is 28.6 Å². The number of aliphatic hydroxyl groups is 1. The summed E-state index contributed by atoms with van der Waals surface area (Å²) in [5, 5.41) is 35.7. The summed E-state index contributed by atoms with van der Waals surface area (Å²) in [4.78, 5) is 49.2. The Morgan fingerprint density at radius 2 is 1.48 bits per heavy atom. The maximum Gasteiger partial charge on any atom is 0.327 e. The second kappa shape index (κ2) is 13.0. The van der Waals surface area contributed by atoms with Crippen LogP contribution >= 0.6 is 12.6 Å². The van der Waals surface area contributed by atoms with Crippen molar-refractivity contribution < 1.29 is 34.5 Å². The second-order valence-corrected chi connectivity index (χ2v) is 8.38. The van der Waals surface area contributed by atoms with Crippen molar-refractivity contribution in [3.05, 3.63) is 29.8 Å². The van der Waals surface area contributed by atoms with E-state index in [0.717, 1.165) is 0 Å². The molecule has 1 aromatic carbocycles. The third-order valence-electron chi connectivity index (χ3n) is 4.89. The van der Waals surface area contributed by atoms with Crippen molar-refractivity contribution in [1.29, 1.82) is 0 Å². The molecule has 0 aliphatic carbocycles. The highest BCUT2D eigenvalue weighted by Gasteiger charge is 2.32. The Morgan fingerprint density at radius 1 is 0.939 bits per heavy atom. The van der Waals surface area contributed by atoms with Gasteiger partial charge in [-0.1, -0.05) is 26.0 Å². The number of aliphatic carboxylic acids is 1. The van der Waals surface area contributed by atoms with Gasteiger partial charge in [0.2, 0.25) is 17.7 Å². The molecule has 1 rings (SSSR count). The highest BCUT2D eigenvalue weighted by molar-refractivity contribution is 7.80. The summed E-state index contributed by atoms with van der Waals surface area (Å²) in [7, 11) is 0. The third-order valence-corrected chi connectivity index (χ3v) is 5.26. The lowest BCUT2D eigenvalue weighted by atomic mass is 10.0. The van der Waals surface area contributed by atoms with E-state index in [-0.39, 0.29) is 23.8 Å². The fourth-order valence-electron chi connectivity index (χ4n) is 2.75. The number of aromatic hydroxyl groups is 1. The lowest BCUT2D eigenvalue weighted by Crippen LogP contribution is -2.60. The highest BCUT2D eigenvalue weighted by Crippen LogP contribution is 2.12. The topological polar surface area (TPSA) is 191 Å². The molecule has 184 valence electrons. The van der Waals surface area contributed by atoms with Gasteiger partial charge in [0.05, 0.1) is 12.1 Å². The zero-order valence-electron chi connectivity index (χ0n) is 18.7. The van der Waals surface area contributed by atoms with Crippen molar-refractivity contribution in [3.63, 3.8) is 0 Å². The first-order valence-corrected chi connectivity index (χ1v) is 11.0. The van der Waals surface area contributed by atoms with Crippen LogP contribution in [0, 0.1) is 5.92 Å². The molecule has 8 N–H and O–H groups in total. The van der Waals surface area contributed by atoms with Crippen molar-refractivity contribution in [2.24, 2.45) is 11.7 Å². The first-order valence-electron chi connectivity index (χ1n) is 10.3. The number of nitrogens with one attached hydrogen (secondary N) is 3. The lowest BCUT2D eigenvalue weighted by molar-refractivity contribution is -0.142. The minimum atomic E-state index is -1.49. The van der Waals surface area contributed by atoms with Gasteiger partial charge in [-0.05, 0) is 30.5 Å². The smallest absolute Gasteiger partial charge is 0.327 e. The number of aliphatic hydroxyl groups excluding tert-OH is 1. The predicted molar refractivity (Wildman–Crippen MR) is 124 cm³/mol. The highest BCUT2D eigenvalue weighted by atomic mass is 32.1. The number of hydrogen-bond donors (Lipinski definition) is 8. The molecular weight excluding hydrogens is 452 g/mol. The number of carbonyl (C=O) groups excluding carboxylic acids is 3. The van der Waals surface area contributed by atoms with Gasteiger partial charge in [-0.3, -0.25) is 14.4 Å². The van der Waals surface area contributed by atoms with Gasteiger partial charge < -0.3 is 37.0 Å². The van der Waals surface area contributed by atoms with E-state index < -0.39 is 54.0 Å². The summed E-state index contributed by atoms with van der Waals surface area (Å²) in [6.45, 7) is 4.74. The molecule has 0 spiro atoms. The maximum atomic E-state index is 13.0. The van der Waals surface area contributed by atoms with Crippen molar-refractivity contribution in [2.75, 3.05) is 5.75 Å². The maximum absolute atomic E-state index is 13.0. The molecule has 5 unspecified atom stereocenters. The van der Waals surface area contributed by atoms with Crippen LogP contribution in [0.25, 0.3) is 0 Å². The molecule has 0 heterocycles. The van der Waals surface area contributed by atoms with Gasteiger partial charge in [0.15, 0.2) is 0 Å². The van der Waals surface area contributed by atoms with Crippen molar-refractivity contribution in [1.82, 2.24) is 16.0 Å². The first-order chi connectivity index (χ1) is 15.4. The van der Waals surface area contributed by atoms with Crippen LogP contribution in [-0.2, 0) is 25.6 Å². The number of rotatable bonds is 12. The monoisotopic (exact) mass is 484 g/mol. The van der Waals surface area contributed by atoms with E-state index in [9.17, 15) is 29.4 Å². The van der Waals surface area contributed by atoms with Gasteiger partial charge in [0, 0.05) is 12.2 Å². The molecule has 0 saturated heterocycles. The molecule has 33 heavy (non-hydrogen) atoms. The van der Waals surface area contributed by atoms with E-state index in [4.69, 9.17) is 10.8 Å². The summed E-state index contributed by atoms with van der Waals surface area (Å²) >= 11 is 3.87. The molecule has 0 aliphatic heterocycles. The van der Waals surface area contributed by atoms with Crippen LogP contribution in [0.3, 0.4) is 0 Å². The minimum absolute atomic E-state index is 0.00517. The molecule has 0 aromatic heterocycles. The fraction of sp³-hybridized carbons (Fsp3) is 0.524. The third kappa shape index (κ3) is 8.91. The molecule has 0 aliphatic rings. The number of thiol groups is 1. The lowest BCUT2D eigenvalue weighted by Gasteiger charge is -2.27. The van der Waals surface area contributed by atoms with Crippen LogP contribution in [0.1, 0.15) is 26.3 Å². The number of phenolic OH excluding ortho intramolecular Hbond substituents is 1. The normalized spacial score (nSPS) is 15.6. The largest absolute Gasteiger partial charge is 0.508 e. The van der Waals surface area contributed by atoms with Crippen molar-refractivity contribution in [2.45, 2.75) is 57.5 Å². The molecule has 0 bridgehead atoms. The Kier molecular flexibility index (Phi) is 11.1. The van der Waals surface area contributed by atoms with Gasteiger partial charge >= 0.3 is 5.97 Å². The number of hydrogen-bond acceptors (Lipinski definition) is 8. The summed E-state index contributed by atoms with van der Waals surface area (Å²) in [5.41, 5.74) is 6.48. The van der Waals surface area contributed by atoms with Crippen LogP contribution in [0.15, 0.2) is 24.3 Å². The number of nitrogens with two attached hydrogens (primary N) is 1. The van der Waals surface area contributed by atoms with E-state index in [1.165, 1.54) is 19.1 Å². The van der Waals surface area contributed by atoms with Gasteiger partial charge in [0.25, 0.3) is 0 Å². The van der Waals surface area contributed by atoms with Crippen LogP contribution in [0.2, 0.25) is 0 Å². The number of phenols is 1. The Bertz CT molecular complexity index is 832. The molecule has 12 heteroatoms. The van der Waals surface area contributed by atoms with E-state index in [1.54, 1.807) is 26.0 Å². The number of carboxylic acid groups (broad SMARTS) is 1. The Hall–Kier alpha value is -2.83. The average molecular weight is 485 g/mol. The van der Waals surface area contributed by atoms with Crippen LogP contribution < -0.4 is 21.7 Å². The van der Waals surface area contributed by atoms with Gasteiger partial charge in [0.1, 0.15) is 23.9 Å². The van der Waals surface area contributed by atoms with Crippen molar-refractivity contribution >= 4 is 36.3 Å². The zero-order valence-corrected chi connectivity index (χ0v) is 19.6. The van der Waals surface area contributed by atoms with Crippen LogP contribution in [0.4, 0.5) is 0 Å². The summed E-state index contributed by atoms with van der Waals surface area (Å²) < 4.78 is 0. The SMILES string of the molecule is CC(C)C(N)C(=O)NC(Cc1ccc(O)cc1)C(=O)NC(C(=O)NC(CS)C(=O)O)C(C)O. The second-order valence-electron chi connectivity index (χ2n) is 8.01. The fourth-order valence-corrected chi connectivity index (χ4v) is 3.00. The summed E-state index contributed by atoms with van der Waals surface area (Å²) in [5.74, 6) is -3.99. The quantitative estimate of drug-likeness (QED) is 0.169. The van der Waals surface area contributed by atoms with E-state index >= 15 is 0 Å². The van der Waals surface area contributed by atoms with Crippen molar-refractivity contribution in [3.8, 4) is 5.75 Å². The molecule has 0 radical (unpaired) electrons. The summed E-state index contributed by atoms with van der Waals surface area (Å²) in [6.07, 6.45) is -1.36. The van der Waals surface area contributed by atoms with Gasteiger partial charge in [-0.15, -0.1) is 0 Å². The number of carboxylic acids is 1. The first kappa shape index (κ1) is 28.2. The van der Waals surface area contributed by atoms with E-state index in [0.29, 0.717) is 5.56 Å². The Balaban J connectivity index is 3.09. The zero-order chi connectivity index (χ0) is 25.3. The van der Waals surface area contributed by atoms with E-state index in [1.807, 2.05) is 0 Å². The molecule has 1 aromatic rings. The Morgan fingerprint density at radius 3 is 1.94 bits per heavy atom. The molecule has 11 nitrogen and oxygen atoms in total. The van der Waals surface area contributed by atoms with Gasteiger partial charge in [-0.25, -0.2) is 4.79 Å². The average Bonchev–Trinajstić information content (AvgIpc) is 2.75. The number of amides is 3. The minimum Gasteiger partial charge on any atom is -0.508 e.